The number of amides is 1. The summed E-state index contributed by atoms with van der Waals surface area (Å²) in [5.74, 6) is 0.769. The Bertz CT molecular complexity index is 903. The molecule has 0 aromatic heterocycles. The van der Waals surface area contributed by atoms with E-state index in [1.54, 1.807) is 0 Å². The van der Waals surface area contributed by atoms with Crippen molar-refractivity contribution >= 4 is 11.7 Å². The minimum Gasteiger partial charge on any atom is -0.352 e. The number of ketones is 1. The lowest BCUT2D eigenvalue weighted by molar-refractivity contribution is -0.125. The number of rotatable bonds is 7. The second kappa shape index (κ2) is 8.14. The molecule has 3 heteroatoms. The molecule has 0 bridgehead atoms. The Morgan fingerprint density at radius 2 is 1.66 bits per heavy atom. The zero-order valence-corrected chi connectivity index (χ0v) is 17.6. The van der Waals surface area contributed by atoms with Gasteiger partial charge in [-0.3, -0.25) is 9.59 Å². The first-order chi connectivity index (χ1) is 13.9. The van der Waals surface area contributed by atoms with Gasteiger partial charge >= 0.3 is 0 Å². The molecule has 0 unspecified atom stereocenters. The van der Waals surface area contributed by atoms with Gasteiger partial charge in [0.2, 0.25) is 5.91 Å². The number of nitrogens with one attached hydrogen (secondary N) is 1. The summed E-state index contributed by atoms with van der Waals surface area (Å²) in [6, 6.07) is 14.8. The SMILES string of the molecule is Cc1ccc(CC(=O)C2(C)CC2)cc1-c1ccc(CNC(=O)C2CCCC2)cc1. The minimum absolute atomic E-state index is 0.0738. The van der Waals surface area contributed by atoms with Crippen LogP contribution in [0.4, 0.5) is 0 Å². The van der Waals surface area contributed by atoms with Crippen molar-refractivity contribution in [2.24, 2.45) is 11.3 Å². The third-order valence-corrected chi connectivity index (χ3v) is 6.80. The molecule has 2 aliphatic carbocycles. The van der Waals surface area contributed by atoms with E-state index < -0.39 is 0 Å². The maximum absolute atomic E-state index is 12.5. The van der Waals surface area contributed by atoms with Crippen molar-refractivity contribution in [3.63, 3.8) is 0 Å². The highest BCUT2D eigenvalue weighted by Gasteiger charge is 2.43. The maximum Gasteiger partial charge on any atom is 0.223 e. The Morgan fingerprint density at radius 3 is 2.31 bits per heavy atom. The summed E-state index contributed by atoms with van der Waals surface area (Å²) in [5.41, 5.74) is 5.68. The van der Waals surface area contributed by atoms with E-state index in [0.717, 1.165) is 42.4 Å². The quantitative estimate of drug-likeness (QED) is 0.691. The molecule has 1 amide bonds. The number of hydrogen-bond donors (Lipinski definition) is 1. The molecule has 2 saturated carbocycles. The molecule has 2 aliphatic rings. The van der Waals surface area contributed by atoms with Crippen LogP contribution in [0.1, 0.15) is 62.1 Å². The average molecular weight is 390 g/mol. The first-order valence-electron chi connectivity index (χ1n) is 10.9. The Hall–Kier alpha value is -2.42. The fourth-order valence-corrected chi connectivity index (χ4v) is 4.28. The first kappa shape index (κ1) is 19.9. The van der Waals surface area contributed by atoms with Gasteiger partial charge in [0.1, 0.15) is 5.78 Å². The fourth-order valence-electron chi connectivity index (χ4n) is 4.28. The molecule has 0 heterocycles. The predicted molar refractivity (Wildman–Crippen MR) is 116 cm³/mol. The zero-order chi connectivity index (χ0) is 20.4. The molecule has 2 aromatic carbocycles. The lowest BCUT2D eigenvalue weighted by atomic mass is 9.92. The number of Topliss-reactive ketones (excluding diaryl/α,β-unsaturated/α-hetero) is 1. The molecule has 3 nitrogen and oxygen atoms in total. The fraction of sp³-hybridized carbons (Fsp3) is 0.462. The molecular weight excluding hydrogens is 358 g/mol. The summed E-state index contributed by atoms with van der Waals surface area (Å²) < 4.78 is 0. The van der Waals surface area contributed by atoms with E-state index in [2.05, 4.69) is 61.6 Å². The van der Waals surface area contributed by atoms with Gasteiger partial charge in [-0.25, -0.2) is 0 Å². The molecule has 0 atom stereocenters. The number of carbonyl (C=O) groups excluding carboxylic acids is 2. The molecule has 0 saturated heterocycles. The number of benzene rings is 2. The summed E-state index contributed by atoms with van der Waals surface area (Å²) in [4.78, 5) is 24.7. The van der Waals surface area contributed by atoms with Gasteiger partial charge in [0.25, 0.3) is 0 Å². The number of carbonyl (C=O) groups is 2. The Balaban J connectivity index is 1.42. The normalized spacial score (nSPS) is 17.9. The molecule has 0 radical (unpaired) electrons. The number of hydrogen-bond acceptors (Lipinski definition) is 2. The summed E-state index contributed by atoms with van der Waals surface area (Å²) in [6.07, 6.45) is 7.00. The Kier molecular flexibility index (Phi) is 5.58. The van der Waals surface area contributed by atoms with Gasteiger partial charge in [-0.2, -0.15) is 0 Å². The monoisotopic (exact) mass is 389 g/mol. The molecule has 4 rings (SSSR count). The molecule has 0 spiro atoms. The van der Waals surface area contributed by atoms with Crippen LogP contribution in [0.25, 0.3) is 11.1 Å². The highest BCUT2D eigenvalue weighted by atomic mass is 16.2. The largest absolute Gasteiger partial charge is 0.352 e. The summed E-state index contributed by atoms with van der Waals surface area (Å²) >= 11 is 0. The first-order valence-corrected chi connectivity index (χ1v) is 10.9. The maximum atomic E-state index is 12.5. The van der Waals surface area contributed by atoms with Crippen LogP contribution >= 0.6 is 0 Å². The van der Waals surface area contributed by atoms with Crippen molar-refractivity contribution in [2.75, 3.05) is 0 Å². The molecule has 2 fully saturated rings. The van der Waals surface area contributed by atoms with E-state index in [9.17, 15) is 9.59 Å². The van der Waals surface area contributed by atoms with Gasteiger partial charge < -0.3 is 5.32 Å². The lowest BCUT2D eigenvalue weighted by Crippen LogP contribution is -2.28. The van der Waals surface area contributed by atoms with Crippen molar-refractivity contribution in [3.05, 3.63) is 59.2 Å². The van der Waals surface area contributed by atoms with Crippen LogP contribution in [0, 0.1) is 18.3 Å². The average Bonchev–Trinajstić information content (AvgIpc) is 3.25. The number of aryl methyl sites for hydroxylation is 1. The lowest BCUT2D eigenvalue weighted by Gasteiger charge is -2.13. The van der Waals surface area contributed by atoms with Gasteiger partial charge in [-0.1, -0.05) is 62.2 Å². The van der Waals surface area contributed by atoms with Gasteiger partial charge in [0.15, 0.2) is 0 Å². The van der Waals surface area contributed by atoms with Crippen LogP contribution < -0.4 is 5.32 Å². The highest BCUT2D eigenvalue weighted by molar-refractivity contribution is 5.89. The molecule has 1 N–H and O–H groups in total. The van der Waals surface area contributed by atoms with E-state index >= 15 is 0 Å². The third kappa shape index (κ3) is 4.60. The van der Waals surface area contributed by atoms with Crippen molar-refractivity contribution in [3.8, 4) is 11.1 Å². The second-order valence-electron chi connectivity index (χ2n) is 9.21. The third-order valence-electron chi connectivity index (χ3n) is 6.80. The van der Waals surface area contributed by atoms with Crippen molar-refractivity contribution in [1.29, 1.82) is 0 Å². The van der Waals surface area contributed by atoms with Crippen LogP contribution in [0.5, 0.6) is 0 Å². The zero-order valence-electron chi connectivity index (χ0n) is 17.6. The molecule has 2 aromatic rings. The van der Waals surface area contributed by atoms with E-state index in [1.807, 2.05) is 0 Å². The van der Waals surface area contributed by atoms with E-state index in [-0.39, 0.29) is 17.2 Å². The molecule has 0 aliphatic heterocycles. The van der Waals surface area contributed by atoms with Crippen LogP contribution in [0.15, 0.2) is 42.5 Å². The Morgan fingerprint density at radius 1 is 1.00 bits per heavy atom. The molecular formula is C26H31NO2. The summed E-state index contributed by atoms with van der Waals surface area (Å²) in [6.45, 7) is 4.77. The van der Waals surface area contributed by atoms with Crippen molar-refractivity contribution in [2.45, 2.75) is 65.3 Å². The van der Waals surface area contributed by atoms with Crippen LogP contribution in [0.3, 0.4) is 0 Å². The highest BCUT2D eigenvalue weighted by Crippen LogP contribution is 2.46. The van der Waals surface area contributed by atoms with E-state index in [4.69, 9.17) is 0 Å². The smallest absolute Gasteiger partial charge is 0.223 e. The summed E-state index contributed by atoms with van der Waals surface area (Å²) in [7, 11) is 0. The molecule has 29 heavy (non-hydrogen) atoms. The van der Waals surface area contributed by atoms with Gasteiger partial charge in [0.05, 0.1) is 0 Å². The summed E-state index contributed by atoms with van der Waals surface area (Å²) in [5, 5.41) is 3.09. The van der Waals surface area contributed by atoms with Crippen LogP contribution in [-0.2, 0) is 22.6 Å². The second-order valence-corrected chi connectivity index (χ2v) is 9.21. The standard InChI is InChI=1S/C26H31NO2/c1-18-7-8-20(16-24(28)26(2)13-14-26)15-23(18)21-11-9-19(10-12-21)17-27-25(29)22-5-3-4-6-22/h7-12,15,22H,3-6,13-14,16-17H2,1-2H3,(H,27,29). The van der Waals surface area contributed by atoms with Crippen LogP contribution in [-0.4, -0.2) is 11.7 Å². The van der Waals surface area contributed by atoms with E-state index in [1.165, 1.54) is 24.0 Å². The predicted octanol–water partition coefficient (Wildman–Crippen LogP) is 5.38. The van der Waals surface area contributed by atoms with Crippen molar-refractivity contribution < 1.29 is 9.59 Å². The van der Waals surface area contributed by atoms with Gasteiger partial charge in [-0.15, -0.1) is 0 Å². The van der Waals surface area contributed by atoms with E-state index in [0.29, 0.717) is 18.7 Å². The topological polar surface area (TPSA) is 46.2 Å². The minimum atomic E-state index is -0.0738. The Labute approximate surface area is 173 Å². The van der Waals surface area contributed by atoms with Crippen molar-refractivity contribution in [1.82, 2.24) is 5.32 Å². The van der Waals surface area contributed by atoms with Gasteiger partial charge in [0, 0.05) is 24.3 Å². The van der Waals surface area contributed by atoms with Gasteiger partial charge in [-0.05, 0) is 60.4 Å². The molecule has 152 valence electrons. The van der Waals surface area contributed by atoms with Crippen LogP contribution in [0.2, 0.25) is 0 Å².